The number of rotatable bonds is 5. The minimum atomic E-state index is -1.13. The van der Waals surface area contributed by atoms with Gasteiger partial charge in [0.15, 0.2) is 0 Å². The van der Waals surface area contributed by atoms with E-state index in [0.29, 0.717) is 12.1 Å². The lowest BCUT2D eigenvalue weighted by Crippen LogP contribution is -2.22. The maximum Gasteiger partial charge on any atom is 0.335 e. The first-order valence-corrected chi connectivity index (χ1v) is 6.24. The molecule has 0 aliphatic carbocycles. The summed E-state index contributed by atoms with van der Waals surface area (Å²) in [5.41, 5.74) is 0.406. The van der Waals surface area contributed by atoms with E-state index in [1.165, 1.54) is 12.1 Å². The summed E-state index contributed by atoms with van der Waals surface area (Å²) < 4.78 is 19.2. The third kappa shape index (κ3) is 3.05. The molecular weight excluding hydrogens is 261 g/mol. The van der Waals surface area contributed by atoms with Gasteiger partial charge in [0.05, 0.1) is 17.9 Å². The van der Waals surface area contributed by atoms with Crippen molar-refractivity contribution in [1.29, 1.82) is 0 Å². The van der Waals surface area contributed by atoms with E-state index in [1.807, 2.05) is 31.0 Å². The molecule has 1 unspecified atom stereocenters. The van der Waals surface area contributed by atoms with Gasteiger partial charge < -0.3 is 9.52 Å². The molecule has 1 atom stereocenters. The fourth-order valence-electron chi connectivity index (χ4n) is 1.96. The van der Waals surface area contributed by atoms with Gasteiger partial charge in [0, 0.05) is 12.1 Å². The van der Waals surface area contributed by atoms with Crippen LogP contribution >= 0.6 is 0 Å². The molecule has 2 rings (SSSR count). The molecular formula is C15H16FNO3. The van der Waals surface area contributed by atoms with Crippen LogP contribution in [-0.4, -0.2) is 23.0 Å². The van der Waals surface area contributed by atoms with Crippen molar-refractivity contribution in [1.82, 2.24) is 4.90 Å². The van der Waals surface area contributed by atoms with Crippen LogP contribution in [0.3, 0.4) is 0 Å². The highest BCUT2D eigenvalue weighted by Crippen LogP contribution is 2.22. The molecule has 1 aromatic carbocycles. The summed E-state index contributed by atoms with van der Waals surface area (Å²) in [6, 6.07) is 7.63. The number of halogens is 1. The fourth-order valence-corrected chi connectivity index (χ4v) is 1.96. The molecule has 106 valence electrons. The number of nitrogens with zero attached hydrogens (tertiary/aromatic N) is 1. The van der Waals surface area contributed by atoms with E-state index < -0.39 is 11.8 Å². The van der Waals surface area contributed by atoms with Gasteiger partial charge in [0.1, 0.15) is 11.6 Å². The molecule has 0 radical (unpaired) electrons. The number of hydrogen-bond acceptors (Lipinski definition) is 3. The molecule has 0 saturated heterocycles. The van der Waals surface area contributed by atoms with Crippen molar-refractivity contribution in [3.05, 3.63) is 59.3 Å². The van der Waals surface area contributed by atoms with Crippen molar-refractivity contribution in [2.45, 2.75) is 19.5 Å². The Balaban J connectivity index is 2.11. The van der Waals surface area contributed by atoms with E-state index in [4.69, 9.17) is 9.52 Å². The van der Waals surface area contributed by atoms with Crippen LogP contribution in [-0.2, 0) is 6.54 Å². The summed E-state index contributed by atoms with van der Waals surface area (Å²) >= 11 is 0. The summed E-state index contributed by atoms with van der Waals surface area (Å²) in [6.07, 6.45) is 1.60. The first-order valence-electron chi connectivity index (χ1n) is 6.24. The number of benzene rings is 1. The maximum atomic E-state index is 13.9. The molecule has 1 N–H and O–H groups in total. The van der Waals surface area contributed by atoms with Gasteiger partial charge in [-0.2, -0.15) is 0 Å². The highest BCUT2D eigenvalue weighted by atomic mass is 19.1. The van der Waals surface area contributed by atoms with E-state index in [-0.39, 0.29) is 11.6 Å². The van der Waals surface area contributed by atoms with Gasteiger partial charge in [-0.3, -0.25) is 4.90 Å². The molecule has 0 bridgehead atoms. The van der Waals surface area contributed by atoms with Crippen LogP contribution in [0.25, 0.3) is 0 Å². The average molecular weight is 277 g/mol. The van der Waals surface area contributed by atoms with Crippen LogP contribution in [0.5, 0.6) is 0 Å². The van der Waals surface area contributed by atoms with Crippen molar-refractivity contribution in [3.8, 4) is 0 Å². The molecule has 0 spiro atoms. The second kappa shape index (κ2) is 5.88. The monoisotopic (exact) mass is 277 g/mol. The highest BCUT2D eigenvalue weighted by Gasteiger charge is 2.16. The molecule has 0 saturated carbocycles. The number of aromatic carboxylic acids is 1. The predicted molar refractivity (Wildman–Crippen MR) is 71.9 cm³/mol. The van der Waals surface area contributed by atoms with Crippen LogP contribution in [0, 0.1) is 5.82 Å². The Morgan fingerprint density at radius 3 is 2.75 bits per heavy atom. The lowest BCUT2D eigenvalue weighted by molar-refractivity contribution is 0.0696. The van der Waals surface area contributed by atoms with Crippen LogP contribution in [0.15, 0.2) is 41.0 Å². The summed E-state index contributed by atoms with van der Waals surface area (Å²) in [5.74, 6) is -0.841. The summed E-state index contributed by atoms with van der Waals surface area (Å²) in [4.78, 5) is 12.7. The van der Waals surface area contributed by atoms with Crippen molar-refractivity contribution in [3.63, 3.8) is 0 Å². The molecule has 0 aliphatic heterocycles. The number of carbonyl (C=O) groups is 1. The number of hydrogen-bond donors (Lipinski definition) is 1. The van der Waals surface area contributed by atoms with Gasteiger partial charge in [0.2, 0.25) is 0 Å². The molecule has 1 aromatic heterocycles. The Hall–Kier alpha value is -2.14. The average Bonchev–Trinajstić information content (AvgIpc) is 2.93. The molecule has 2 aromatic rings. The van der Waals surface area contributed by atoms with E-state index in [1.54, 1.807) is 6.26 Å². The van der Waals surface area contributed by atoms with Crippen molar-refractivity contribution < 1.29 is 18.7 Å². The Bertz CT molecular complexity index is 595. The molecule has 20 heavy (non-hydrogen) atoms. The van der Waals surface area contributed by atoms with Crippen molar-refractivity contribution >= 4 is 5.97 Å². The van der Waals surface area contributed by atoms with Crippen LogP contribution in [0.1, 0.15) is 34.6 Å². The highest BCUT2D eigenvalue weighted by molar-refractivity contribution is 5.87. The molecule has 1 heterocycles. The maximum absolute atomic E-state index is 13.9. The van der Waals surface area contributed by atoms with Crippen molar-refractivity contribution in [2.24, 2.45) is 0 Å². The minimum Gasteiger partial charge on any atom is -0.478 e. The molecule has 0 aliphatic rings. The summed E-state index contributed by atoms with van der Waals surface area (Å²) in [5, 5.41) is 8.81. The SMILES string of the molecule is CC(c1ccco1)N(C)Cc1ccc(C(=O)O)cc1F. The predicted octanol–water partition coefficient (Wildman–Crippen LogP) is 3.31. The topological polar surface area (TPSA) is 53.7 Å². The van der Waals surface area contributed by atoms with E-state index >= 15 is 0 Å². The van der Waals surface area contributed by atoms with Gasteiger partial charge in [0.25, 0.3) is 0 Å². The zero-order valence-corrected chi connectivity index (χ0v) is 11.3. The van der Waals surface area contributed by atoms with Gasteiger partial charge in [-0.15, -0.1) is 0 Å². The first-order chi connectivity index (χ1) is 9.49. The second-order valence-electron chi connectivity index (χ2n) is 4.72. The Kier molecular flexibility index (Phi) is 4.20. The minimum absolute atomic E-state index is 0.00329. The number of carboxylic acids is 1. The first kappa shape index (κ1) is 14.3. The lowest BCUT2D eigenvalue weighted by atomic mass is 10.1. The summed E-state index contributed by atoms with van der Waals surface area (Å²) in [7, 11) is 1.86. The second-order valence-corrected chi connectivity index (χ2v) is 4.72. The largest absolute Gasteiger partial charge is 0.478 e. The standard InChI is InChI=1S/C15H16FNO3/c1-10(14-4-3-7-20-14)17(2)9-12-6-5-11(15(18)19)8-13(12)16/h3-8,10H,9H2,1-2H3,(H,18,19). The number of furan rings is 1. The summed E-state index contributed by atoms with van der Waals surface area (Å²) in [6.45, 7) is 2.33. The van der Waals surface area contributed by atoms with Crippen LogP contribution < -0.4 is 0 Å². The van der Waals surface area contributed by atoms with Gasteiger partial charge >= 0.3 is 5.97 Å². The smallest absolute Gasteiger partial charge is 0.335 e. The van der Waals surface area contributed by atoms with Gasteiger partial charge in [-0.1, -0.05) is 6.07 Å². The molecule has 0 amide bonds. The quantitative estimate of drug-likeness (QED) is 0.911. The zero-order chi connectivity index (χ0) is 14.7. The Morgan fingerprint density at radius 2 is 2.20 bits per heavy atom. The Morgan fingerprint density at radius 1 is 1.45 bits per heavy atom. The van der Waals surface area contributed by atoms with E-state index in [0.717, 1.165) is 11.8 Å². The van der Waals surface area contributed by atoms with Gasteiger partial charge in [-0.25, -0.2) is 9.18 Å². The normalized spacial score (nSPS) is 12.6. The third-order valence-corrected chi connectivity index (χ3v) is 3.34. The molecule has 0 fully saturated rings. The van der Waals surface area contributed by atoms with E-state index in [2.05, 4.69) is 0 Å². The zero-order valence-electron chi connectivity index (χ0n) is 11.3. The lowest BCUT2D eigenvalue weighted by Gasteiger charge is -2.23. The van der Waals surface area contributed by atoms with Gasteiger partial charge in [-0.05, 0) is 38.2 Å². The molecule has 4 nitrogen and oxygen atoms in total. The third-order valence-electron chi connectivity index (χ3n) is 3.34. The van der Waals surface area contributed by atoms with Crippen LogP contribution in [0.2, 0.25) is 0 Å². The Labute approximate surface area is 116 Å². The fraction of sp³-hybridized carbons (Fsp3) is 0.267. The van der Waals surface area contributed by atoms with E-state index in [9.17, 15) is 9.18 Å². The van der Waals surface area contributed by atoms with Crippen LogP contribution in [0.4, 0.5) is 4.39 Å². The van der Waals surface area contributed by atoms with Crippen molar-refractivity contribution in [2.75, 3.05) is 7.05 Å². The number of carboxylic acid groups (broad SMARTS) is 1. The molecule has 5 heteroatoms.